The standard InChI is InChI=1S/C11H20N4/c1-14-8-10(7-13-14)9-15-5-3-2-4-11(15)6-12/h7-8,11H,2-6,9,12H2,1H3. The van der Waals surface area contributed by atoms with Gasteiger partial charge in [0.25, 0.3) is 0 Å². The number of piperidine rings is 1. The highest BCUT2D eigenvalue weighted by Crippen LogP contribution is 2.18. The first-order valence-electron chi connectivity index (χ1n) is 5.71. The molecule has 1 aliphatic heterocycles. The predicted molar refractivity (Wildman–Crippen MR) is 60.3 cm³/mol. The molecule has 1 aromatic rings. The third kappa shape index (κ3) is 2.58. The Morgan fingerprint density at radius 3 is 3.07 bits per heavy atom. The van der Waals surface area contributed by atoms with Crippen LogP contribution in [0.2, 0.25) is 0 Å². The lowest BCUT2D eigenvalue weighted by Crippen LogP contribution is -2.43. The maximum absolute atomic E-state index is 5.79. The van der Waals surface area contributed by atoms with E-state index in [0.29, 0.717) is 6.04 Å². The summed E-state index contributed by atoms with van der Waals surface area (Å²) in [6.07, 6.45) is 7.91. The number of nitrogens with two attached hydrogens (primary N) is 1. The van der Waals surface area contributed by atoms with Gasteiger partial charge in [-0.2, -0.15) is 5.10 Å². The fourth-order valence-electron chi connectivity index (χ4n) is 2.32. The monoisotopic (exact) mass is 208 g/mol. The normalized spacial score (nSPS) is 23.2. The van der Waals surface area contributed by atoms with Crippen molar-refractivity contribution in [3.8, 4) is 0 Å². The Labute approximate surface area is 91.1 Å². The summed E-state index contributed by atoms with van der Waals surface area (Å²) in [4.78, 5) is 2.49. The highest BCUT2D eigenvalue weighted by molar-refractivity contribution is 5.04. The van der Waals surface area contributed by atoms with Crippen molar-refractivity contribution in [2.75, 3.05) is 13.1 Å². The van der Waals surface area contributed by atoms with E-state index in [1.807, 2.05) is 17.9 Å². The molecule has 0 saturated carbocycles. The first kappa shape index (κ1) is 10.6. The lowest BCUT2D eigenvalue weighted by atomic mass is 10.0. The maximum Gasteiger partial charge on any atom is 0.0534 e. The third-order valence-electron chi connectivity index (χ3n) is 3.17. The van der Waals surface area contributed by atoms with Crippen LogP contribution in [0.4, 0.5) is 0 Å². The van der Waals surface area contributed by atoms with E-state index in [0.717, 1.165) is 13.1 Å². The van der Waals surface area contributed by atoms with Crippen LogP contribution in [0.25, 0.3) is 0 Å². The summed E-state index contributed by atoms with van der Waals surface area (Å²) in [6.45, 7) is 2.95. The number of nitrogens with zero attached hydrogens (tertiary/aromatic N) is 3. The summed E-state index contributed by atoms with van der Waals surface area (Å²) in [7, 11) is 1.96. The summed E-state index contributed by atoms with van der Waals surface area (Å²) in [5, 5.41) is 4.19. The molecule has 1 saturated heterocycles. The minimum Gasteiger partial charge on any atom is -0.329 e. The van der Waals surface area contributed by atoms with Gasteiger partial charge in [0, 0.05) is 37.9 Å². The van der Waals surface area contributed by atoms with Crippen LogP contribution in [0, 0.1) is 0 Å². The van der Waals surface area contributed by atoms with Crippen molar-refractivity contribution < 1.29 is 0 Å². The smallest absolute Gasteiger partial charge is 0.0534 e. The number of aromatic nitrogens is 2. The number of rotatable bonds is 3. The molecule has 1 fully saturated rings. The van der Waals surface area contributed by atoms with Crippen molar-refractivity contribution in [1.82, 2.24) is 14.7 Å². The molecule has 2 heterocycles. The number of hydrogen-bond donors (Lipinski definition) is 1. The second-order valence-corrected chi connectivity index (χ2v) is 4.38. The SMILES string of the molecule is Cn1cc(CN2CCCCC2CN)cn1. The molecule has 84 valence electrons. The van der Waals surface area contributed by atoms with Crippen LogP contribution in [0.1, 0.15) is 24.8 Å². The van der Waals surface area contributed by atoms with Gasteiger partial charge in [-0.1, -0.05) is 6.42 Å². The lowest BCUT2D eigenvalue weighted by molar-refractivity contribution is 0.145. The van der Waals surface area contributed by atoms with Crippen LogP contribution in [0.3, 0.4) is 0 Å². The summed E-state index contributed by atoms with van der Waals surface area (Å²) in [5.74, 6) is 0. The average Bonchev–Trinajstić information content (AvgIpc) is 2.65. The largest absolute Gasteiger partial charge is 0.329 e. The van der Waals surface area contributed by atoms with Gasteiger partial charge in [0.2, 0.25) is 0 Å². The van der Waals surface area contributed by atoms with Gasteiger partial charge in [0.1, 0.15) is 0 Å². The molecule has 0 spiro atoms. The average molecular weight is 208 g/mol. The fourth-order valence-corrected chi connectivity index (χ4v) is 2.32. The molecule has 15 heavy (non-hydrogen) atoms. The molecular formula is C11H20N4. The van der Waals surface area contributed by atoms with Gasteiger partial charge in [-0.3, -0.25) is 9.58 Å². The van der Waals surface area contributed by atoms with E-state index in [9.17, 15) is 0 Å². The van der Waals surface area contributed by atoms with Gasteiger partial charge >= 0.3 is 0 Å². The highest BCUT2D eigenvalue weighted by atomic mass is 15.2. The van der Waals surface area contributed by atoms with Crippen molar-refractivity contribution in [3.63, 3.8) is 0 Å². The first-order chi connectivity index (χ1) is 7.29. The molecule has 0 aliphatic carbocycles. The van der Waals surface area contributed by atoms with Gasteiger partial charge < -0.3 is 5.73 Å². The Bertz CT molecular complexity index is 307. The summed E-state index contributed by atoms with van der Waals surface area (Å²) in [5.41, 5.74) is 7.08. The van der Waals surface area contributed by atoms with E-state index >= 15 is 0 Å². The molecule has 0 amide bonds. The predicted octanol–water partition coefficient (Wildman–Crippen LogP) is 0.733. The maximum atomic E-state index is 5.79. The van der Waals surface area contributed by atoms with Gasteiger partial charge in [0.05, 0.1) is 6.20 Å². The van der Waals surface area contributed by atoms with Crippen molar-refractivity contribution >= 4 is 0 Å². The van der Waals surface area contributed by atoms with Crippen molar-refractivity contribution in [1.29, 1.82) is 0 Å². The van der Waals surface area contributed by atoms with Crippen molar-refractivity contribution in [2.24, 2.45) is 12.8 Å². The molecule has 4 heteroatoms. The molecule has 1 atom stereocenters. The van der Waals surface area contributed by atoms with Crippen LogP contribution in [-0.2, 0) is 13.6 Å². The molecule has 4 nitrogen and oxygen atoms in total. The Hall–Kier alpha value is -0.870. The van der Waals surface area contributed by atoms with E-state index in [1.54, 1.807) is 0 Å². The van der Waals surface area contributed by atoms with Crippen LogP contribution in [0.15, 0.2) is 12.4 Å². The zero-order chi connectivity index (χ0) is 10.7. The Morgan fingerprint density at radius 2 is 2.40 bits per heavy atom. The van der Waals surface area contributed by atoms with E-state index in [1.165, 1.54) is 31.4 Å². The Morgan fingerprint density at radius 1 is 1.53 bits per heavy atom. The summed E-state index contributed by atoms with van der Waals surface area (Å²) >= 11 is 0. The third-order valence-corrected chi connectivity index (χ3v) is 3.17. The van der Waals surface area contributed by atoms with Crippen molar-refractivity contribution in [3.05, 3.63) is 18.0 Å². The van der Waals surface area contributed by atoms with Crippen LogP contribution in [-0.4, -0.2) is 33.8 Å². The summed E-state index contributed by atoms with van der Waals surface area (Å²) < 4.78 is 1.86. The molecule has 1 aliphatic rings. The molecule has 2 rings (SSSR count). The van der Waals surface area contributed by atoms with Gasteiger partial charge in [-0.25, -0.2) is 0 Å². The number of hydrogen-bond acceptors (Lipinski definition) is 3. The second kappa shape index (κ2) is 4.77. The molecule has 1 aromatic heterocycles. The fraction of sp³-hybridized carbons (Fsp3) is 0.727. The minimum absolute atomic E-state index is 0.568. The molecule has 2 N–H and O–H groups in total. The Kier molecular flexibility index (Phi) is 3.38. The van der Waals surface area contributed by atoms with Gasteiger partial charge in [-0.05, 0) is 19.4 Å². The minimum atomic E-state index is 0.568. The van der Waals surface area contributed by atoms with Crippen LogP contribution in [0.5, 0.6) is 0 Å². The van der Waals surface area contributed by atoms with Crippen molar-refractivity contribution in [2.45, 2.75) is 31.8 Å². The van der Waals surface area contributed by atoms with E-state index < -0.39 is 0 Å². The topological polar surface area (TPSA) is 47.1 Å². The van der Waals surface area contributed by atoms with E-state index in [4.69, 9.17) is 5.73 Å². The number of likely N-dealkylation sites (tertiary alicyclic amines) is 1. The molecule has 1 unspecified atom stereocenters. The molecular weight excluding hydrogens is 188 g/mol. The zero-order valence-electron chi connectivity index (χ0n) is 9.39. The second-order valence-electron chi connectivity index (χ2n) is 4.38. The lowest BCUT2D eigenvalue weighted by Gasteiger charge is -2.34. The zero-order valence-corrected chi connectivity index (χ0v) is 9.39. The first-order valence-corrected chi connectivity index (χ1v) is 5.71. The van der Waals surface area contributed by atoms with Crippen LogP contribution >= 0.6 is 0 Å². The number of aryl methyl sites for hydroxylation is 1. The highest BCUT2D eigenvalue weighted by Gasteiger charge is 2.21. The molecule has 0 aromatic carbocycles. The molecule has 0 bridgehead atoms. The van der Waals surface area contributed by atoms with E-state index in [2.05, 4.69) is 16.2 Å². The van der Waals surface area contributed by atoms with E-state index in [-0.39, 0.29) is 0 Å². The van der Waals surface area contributed by atoms with Gasteiger partial charge in [-0.15, -0.1) is 0 Å². The van der Waals surface area contributed by atoms with Gasteiger partial charge in [0.15, 0.2) is 0 Å². The quantitative estimate of drug-likeness (QED) is 0.796. The van der Waals surface area contributed by atoms with Crippen LogP contribution < -0.4 is 5.73 Å². The molecule has 0 radical (unpaired) electrons. The summed E-state index contributed by atoms with van der Waals surface area (Å²) in [6, 6.07) is 0.568. The Balaban J connectivity index is 1.97.